The van der Waals surface area contributed by atoms with E-state index in [0.29, 0.717) is 13.2 Å². The van der Waals surface area contributed by atoms with Gasteiger partial charge < -0.3 is 14.8 Å². The van der Waals surface area contributed by atoms with Crippen molar-refractivity contribution in [1.29, 1.82) is 0 Å². The third kappa shape index (κ3) is 5.17. The first-order valence-electron chi connectivity index (χ1n) is 7.15. The number of halogens is 1. The summed E-state index contributed by atoms with van der Waals surface area (Å²) in [5.74, 6) is -1.33. The lowest BCUT2D eigenvalue weighted by atomic mass is 10.2. The predicted molar refractivity (Wildman–Crippen MR) is 85.1 cm³/mol. The second kappa shape index (κ2) is 7.93. The summed E-state index contributed by atoms with van der Waals surface area (Å²) in [6.45, 7) is 0.546. The first-order valence-corrected chi connectivity index (χ1v) is 9.07. The number of hydrogen-bond donors (Lipinski definition) is 2. The molecule has 1 atom stereocenters. The van der Waals surface area contributed by atoms with E-state index in [2.05, 4.69) is 5.32 Å². The third-order valence-electron chi connectivity index (χ3n) is 3.36. The first-order chi connectivity index (χ1) is 11.3. The Labute approximate surface area is 144 Å². The average Bonchev–Trinajstić information content (AvgIpc) is 3.03. The van der Waals surface area contributed by atoms with Gasteiger partial charge in [0.2, 0.25) is 10.0 Å². The van der Waals surface area contributed by atoms with Crippen LogP contribution in [0.4, 0.5) is 0 Å². The molecule has 1 heterocycles. The van der Waals surface area contributed by atoms with E-state index in [1.54, 1.807) is 0 Å². The lowest BCUT2D eigenvalue weighted by Crippen LogP contribution is -2.34. The van der Waals surface area contributed by atoms with E-state index in [1.165, 1.54) is 12.1 Å². The van der Waals surface area contributed by atoms with Gasteiger partial charge in [-0.25, -0.2) is 18.4 Å². The topological polar surface area (TPSA) is 125 Å². The van der Waals surface area contributed by atoms with Crippen LogP contribution in [0.25, 0.3) is 0 Å². The zero-order chi connectivity index (χ0) is 17.7. The molecule has 0 aliphatic carbocycles. The summed E-state index contributed by atoms with van der Waals surface area (Å²) < 4.78 is 32.9. The van der Waals surface area contributed by atoms with Gasteiger partial charge in [-0.3, -0.25) is 4.79 Å². The van der Waals surface area contributed by atoms with Gasteiger partial charge in [-0.2, -0.15) is 0 Å². The summed E-state index contributed by atoms with van der Waals surface area (Å²) in [7, 11) is -4.07. The molecule has 0 saturated carbocycles. The summed E-state index contributed by atoms with van der Waals surface area (Å²) in [5.41, 5.74) is -0.0737. The van der Waals surface area contributed by atoms with Crippen LogP contribution in [0.5, 0.6) is 0 Å². The number of amides is 1. The molecule has 0 bridgehead atoms. The van der Waals surface area contributed by atoms with Crippen molar-refractivity contribution < 1.29 is 27.5 Å². The van der Waals surface area contributed by atoms with Crippen molar-refractivity contribution in [3.63, 3.8) is 0 Å². The maximum Gasteiger partial charge on any atom is 0.338 e. The van der Waals surface area contributed by atoms with Gasteiger partial charge in [-0.05, 0) is 31.0 Å². The number of nitrogens with one attached hydrogen (secondary N) is 1. The molecule has 10 heteroatoms. The zero-order valence-electron chi connectivity index (χ0n) is 12.7. The zero-order valence-corrected chi connectivity index (χ0v) is 14.2. The molecular formula is C14H17ClN2O6S. The lowest BCUT2D eigenvalue weighted by Gasteiger charge is -2.11. The Morgan fingerprint density at radius 2 is 2.17 bits per heavy atom. The summed E-state index contributed by atoms with van der Waals surface area (Å²) in [6.07, 6.45) is 1.82. The fourth-order valence-corrected chi connectivity index (χ4v) is 3.22. The number of benzene rings is 1. The van der Waals surface area contributed by atoms with Gasteiger partial charge in [-0.15, -0.1) is 0 Å². The number of nitrogens with two attached hydrogens (primary N) is 1. The number of sulfonamides is 1. The highest BCUT2D eigenvalue weighted by Gasteiger charge is 2.19. The Kier molecular flexibility index (Phi) is 6.16. The van der Waals surface area contributed by atoms with E-state index < -0.39 is 28.5 Å². The van der Waals surface area contributed by atoms with Crippen LogP contribution in [0.15, 0.2) is 23.1 Å². The fourth-order valence-electron chi connectivity index (χ4n) is 2.15. The maximum atomic E-state index is 11.9. The van der Waals surface area contributed by atoms with Gasteiger partial charge in [0.1, 0.15) is 4.90 Å². The Hall–Kier alpha value is -1.68. The van der Waals surface area contributed by atoms with Gasteiger partial charge in [0.05, 0.1) is 16.7 Å². The summed E-state index contributed by atoms with van der Waals surface area (Å²) in [6, 6.07) is 3.50. The van der Waals surface area contributed by atoms with Crippen molar-refractivity contribution in [2.24, 2.45) is 5.14 Å². The molecule has 24 heavy (non-hydrogen) atoms. The number of carbonyl (C=O) groups excluding carboxylic acids is 2. The van der Waals surface area contributed by atoms with Gasteiger partial charge >= 0.3 is 5.97 Å². The number of carbonyl (C=O) groups is 2. The molecule has 1 aliphatic heterocycles. The summed E-state index contributed by atoms with van der Waals surface area (Å²) in [5, 5.41) is 7.50. The monoisotopic (exact) mass is 376 g/mol. The quantitative estimate of drug-likeness (QED) is 0.694. The van der Waals surface area contributed by atoms with E-state index in [4.69, 9.17) is 26.2 Å². The van der Waals surface area contributed by atoms with E-state index in [-0.39, 0.29) is 21.6 Å². The molecule has 1 amide bonds. The van der Waals surface area contributed by atoms with Crippen LogP contribution in [-0.4, -0.2) is 46.2 Å². The standard InChI is InChI=1S/C14H17ClN2O6S/c15-11-4-3-9(6-12(11)24(16,20)21)14(19)23-8-13(18)17-7-10-2-1-5-22-10/h3-4,6,10H,1-2,5,7-8H2,(H,17,18)(H2,16,20,21)/t10-/m0/s1. The van der Waals surface area contributed by atoms with Gasteiger partial charge in [0.25, 0.3) is 5.91 Å². The average molecular weight is 377 g/mol. The van der Waals surface area contributed by atoms with Gasteiger partial charge in [0, 0.05) is 13.2 Å². The number of hydrogen-bond acceptors (Lipinski definition) is 6. The molecule has 1 saturated heterocycles. The molecule has 0 aromatic heterocycles. The fraction of sp³-hybridized carbons (Fsp3) is 0.429. The Bertz CT molecular complexity index is 731. The number of rotatable bonds is 6. The maximum absolute atomic E-state index is 11.9. The van der Waals surface area contributed by atoms with Crippen LogP contribution < -0.4 is 10.5 Å². The van der Waals surface area contributed by atoms with Crippen molar-refractivity contribution >= 4 is 33.5 Å². The normalized spacial score (nSPS) is 17.5. The second-order valence-electron chi connectivity index (χ2n) is 5.21. The molecule has 0 unspecified atom stereocenters. The highest BCUT2D eigenvalue weighted by atomic mass is 35.5. The second-order valence-corrected chi connectivity index (χ2v) is 7.14. The molecule has 132 valence electrons. The van der Waals surface area contributed by atoms with Crippen molar-refractivity contribution in [2.75, 3.05) is 19.8 Å². The van der Waals surface area contributed by atoms with Crippen LogP contribution in [0, 0.1) is 0 Å². The highest BCUT2D eigenvalue weighted by molar-refractivity contribution is 7.89. The molecule has 0 spiro atoms. The molecule has 1 fully saturated rings. The van der Waals surface area contributed by atoms with Crippen molar-refractivity contribution in [1.82, 2.24) is 5.32 Å². The largest absolute Gasteiger partial charge is 0.452 e. The van der Waals surface area contributed by atoms with Gasteiger partial charge in [-0.1, -0.05) is 11.6 Å². The van der Waals surface area contributed by atoms with Crippen LogP contribution >= 0.6 is 11.6 Å². The van der Waals surface area contributed by atoms with Gasteiger partial charge in [0.15, 0.2) is 6.61 Å². The molecule has 3 N–H and O–H groups in total. The summed E-state index contributed by atoms with van der Waals surface area (Å²) >= 11 is 5.73. The van der Waals surface area contributed by atoms with Crippen LogP contribution in [0.3, 0.4) is 0 Å². The lowest BCUT2D eigenvalue weighted by molar-refractivity contribution is -0.124. The minimum absolute atomic E-state index is 0.0155. The number of primary sulfonamides is 1. The molecule has 2 rings (SSSR count). The van der Waals surface area contributed by atoms with Crippen LogP contribution in [-0.2, 0) is 24.3 Å². The molecule has 0 radical (unpaired) electrons. The van der Waals surface area contributed by atoms with E-state index in [9.17, 15) is 18.0 Å². The van der Waals surface area contributed by atoms with Crippen molar-refractivity contribution in [2.45, 2.75) is 23.8 Å². The van der Waals surface area contributed by atoms with E-state index in [0.717, 1.165) is 18.9 Å². The minimum Gasteiger partial charge on any atom is -0.452 e. The summed E-state index contributed by atoms with van der Waals surface area (Å²) in [4.78, 5) is 23.1. The number of esters is 1. The van der Waals surface area contributed by atoms with Crippen LogP contribution in [0.2, 0.25) is 5.02 Å². The molecule has 1 aromatic carbocycles. The smallest absolute Gasteiger partial charge is 0.338 e. The molecule has 1 aliphatic rings. The van der Waals surface area contributed by atoms with E-state index >= 15 is 0 Å². The Morgan fingerprint density at radius 1 is 1.42 bits per heavy atom. The third-order valence-corrected chi connectivity index (χ3v) is 4.75. The minimum atomic E-state index is -4.07. The number of ether oxygens (including phenoxy) is 2. The predicted octanol–water partition coefficient (Wildman–Crippen LogP) is 0.439. The highest BCUT2D eigenvalue weighted by Crippen LogP contribution is 2.21. The molecule has 8 nitrogen and oxygen atoms in total. The van der Waals surface area contributed by atoms with Crippen LogP contribution in [0.1, 0.15) is 23.2 Å². The SMILES string of the molecule is NS(=O)(=O)c1cc(C(=O)OCC(=O)NC[C@@H]2CCCO2)ccc1Cl. The Morgan fingerprint density at radius 3 is 2.79 bits per heavy atom. The van der Waals surface area contributed by atoms with Crippen molar-refractivity contribution in [3.05, 3.63) is 28.8 Å². The van der Waals surface area contributed by atoms with Crippen molar-refractivity contribution in [3.8, 4) is 0 Å². The molecular weight excluding hydrogens is 360 g/mol. The van der Waals surface area contributed by atoms with E-state index in [1.807, 2.05) is 0 Å². The Balaban J connectivity index is 1.89. The molecule has 1 aromatic rings. The first kappa shape index (κ1) is 18.7.